The van der Waals surface area contributed by atoms with E-state index in [0.29, 0.717) is 16.9 Å². The van der Waals surface area contributed by atoms with E-state index >= 15 is 0 Å². The number of rotatable bonds is 2. The number of hydrogen-bond donors (Lipinski definition) is 2. The van der Waals surface area contributed by atoms with E-state index in [1.807, 2.05) is 25.1 Å². The fourth-order valence-electron chi connectivity index (χ4n) is 1.70. The summed E-state index contributed by atoms with van der Waals surface area (Å²) in [5, 5.41) is 2.84. The van der Waals surface area contributed by atoms with Crippen LogP contribution < -0.4 is 11.1 Å². The molecule has 0 aliphatic carbocycles. The van der Waals surface area contributed by atoms with Gasteiger partial charge in [0.1, 0.15) is 0 Å². The Morgan fingerprint density at radius 1 is 1.32 bits per heavy atom. The van der Waals surface area contributed by atoms with Crippen molar-refractivity contribution in [2.75, 3.05) is 11.1 Å². The van der Waals surface area contributed by atoms with E-state index in [-0.39, 0.29) is 5.91 Å². The Hall–Kier alpha value is -1.88. The summed E-state index contributed by atoms with van der Waals surface area (Å²) in [6, 6.07) is 7.26. The topological polar surface area (TPSA) is 68.0 Å². The summed E-state index contributed by atoms with van der Waals surface area (Å²) in [5.74, 6) is -0.209. The summed E-state index contributed by atoms with van der Waals surface area (Å²) < 4.78 is 1.01. The van der Waals surface area contributed by atoms with E-state index in [0.717, 1.165) is 15.7 Å². The first-order valence-corrected chi connectivity index (χ1v) is 6.56. The number of hydrogen-bond acceptors (Lipinski definition) is 3. The summed E-state index contributed by atoms with van der Waals surface area (Å²) in [5.41, 5.74) is 9.07. The number of benzene rings is 1. The van der Waals surface area contributed by atoms with Gasteiger partial charge >= 0.3 is 0 Å². The quantitative estimate of drug-likeness (QED) is 0.892. The van der Waals surface area contributed by atoms with Crippen LogP contribution >= 0.6 is 15.9 Å². The number of amides is 1. The van der Waals surface area contributed by atoms with Crippen LogP contribution in [0.3, 0.4) is 0 Å². The molecule has 0 unspecified atom stereocenters. The number of pyridine rings is 1. The second kappa shape index (κ2) is 5.40. The number of carbonyl (C=O) groups is 1. The van der Waals surface area contributed by atoms with Crippen molar-refractivity contribution in [3.63, 3.8) is 0 Å². The third-order valence-electron chi connectivity index (χ3n) is 2.77. The van der Waals surface area contributed by atoms with Crippen LogP contribution in [0.4, 0.5) is 11.4 Å². The Kier molecular flexibility index (Phi) is 3.85. The van der Waals surface area contributed by atoms with Gasteiger partial charge in [-0.25, -0.2) is 0 Å². The molecular weight excluding hydrogens is 306 g/mol. The van der Waals surface area contributed by atoms with Crippen LogP contribution in [0, 0.1) is 13.8 Å². The maximum Gasteiger partial charge on any atom is 0.257 e. The predicted octanol–water partition coefficient (Wildman–Crippen LogP) is 3.30. The maximum atomic E-state index is 12.2. The minimum absolute atomic E-state index is 0.209. The molecule has 98 valence electrons. The van der Waals surface area contributed by atoms with E-state index in [1.54, 1.807) is 13.0 Å². The van der Waals surface area contributed by atoms with Crippen molar-refractivity contribution in [3.8, 4) is 0 Å². The van der Waals surface area contributed by atoms with Gasteiger partial charge in [-0.3, -0.25) is 9.78 Å². The van der Waals surface area contributed by atoms with Crippen molar-refractivity contribution in [1.82, 2.24) is 4.98 Å². The van der Waals surface area contributed by atoms with Crippen LogP contribution in [0.25, 0.3) is 0 Å². The number of anilines is 2. The minimum atomic E-state index is -0.209. The highest BCUT2D eigenvalue weighted by Gasteiger charge is 2.11. The summed E-state index contributed by atoms with van der Waals surface area (Å²) >= 11 is 3.42. The monoisotopic (exact) mass is 319 g/mol. The largest absolute Gasteiger partial charge is 0.397 e. The lowest BCUT2D eigenvalue weighted by atomic mass is 10.1. The second-order valence-corrected chi connectivity index (χ2v) is 5.17. The van der Waals surface area contributed by atoms with Gasteiger partial charge in [-0.1, -0.05) is 15.9 Å². The molecule has 2 rings (SSSR count). The van der Waals surface area contributed by atoms with Gasteiger partial charge in [0.15, 0.2) is 0 Å². The van der Waals surface area contributed by atoms with Crippen LogP contribution in [0.1, 0.15) is 21.6 Å². The average Bonchev–Trinajstić information content (AvgIpc) is 2.36. The smallest absolute Gasteiger partial charge is 0.257 e. The summed E-state index contributed by atoms with van der Waals surface area (Å²) in [4.78, 5) is 16.2. The van der Waals surface area contributed by atoms with E-state index < -0.39 is 0 Å². The lowest BCUT2D eigenvalue weighted by Crippen LogP contribution is -2.14. The highest BCUT2D eigenvalue weighted by atomic mass is 79.9. The molecule has 0 radical (unpaired) electrons. The number of nitrogens with two attached hydrogens (primary N) is 1. The van der Waals surface area contributed by atoms with E-state index in [1.165, 1.54) is 6.20 Å². The SMILES string of the molecule is Cc1cc(NC(=O)c2cc(N)cnc2C)ccc1Br. The van der Waals surface area contributed by atoms with Gasteiger partial charge in [0.05, 0.1) is 23.1 Å². The predicted molar refractivity (Wildman–Crippen MR) is 80.2 cm³/mol. The molecule has 0 atom stereocenters. The molecule has 1 heterocycles. The summed E-state index contributed by atoms with van der Waals surface area (Å²) in [6.45, 7) is 3.74. The molecule has 4 nitrogen and oxygen atoms in total. The number of nitrogens with one attached hydrogen (secondary N) is 1. The van der Waals surface area contributed by atoms with Crippen LogP contribution in [-0.4, -0.2) is 10.9 Å². The highest BCUT2D eigenvalue weighted by Crippen LogP contribution is 2.21. The second-order valence-electron chi connectivity index (χ2n) is 4.32. The van der Waals surface area contributed by atoms with Crippen molar-refractivity contribution in [3.05, 3.63) is 51.8 Å². The first-order chi connectivity index (χ1) is 8.97. The Morgan fingerprint density at radius 2 is 2.05 bits per heavy atom. The Bertz CT molecular complexity index is 641. The normalized spacial score (nSPS) is 10.3. The molecule has 0 saturated heterocycles. The number of nitrogen functional groups attached to an aromatic ring is 1. The molecule has 0 spiro atoms. The molecule has 2 aromatic rings. The Balaban J connectivity index is 2.25. The van der Waals surface area contributed by atoms with Crippen LogP contribution in [-0.2, 0) is 0 Å². The molecule has 0 bridgehead atoms. The molecule has 1 amide bonds. The maximum absolute atomic E-state index is 12.2. The van der Waals surface area contributed by atoms with Gasteiger partial charge in [-0.15, -0.1) is 0 Å². The molecule has 0 fully saturated rings. The van der Waals surface area contributed by atoms with Gasteiger partial charge in [0.2, 0.25) is 0 Å². The van der Waals surface area contributed by atoms with Gasteiger partial charge in [0.25, 0.3) is 5.91 Å². The highest BCUT2D eigenvalue weighted by molar-refractivity contribution is 9.10. The van der Waals surface area contributed by atoms with Crippen molar-refractivity contribution in [1.29, 1.82) is 0 Å². The Morgan fingerprint density at radius 3 is 2.74 bits per heavy atom. The van der Waals surface area contributed by atoms with Gasteiger partial charge in [0, 0.05) is 10.2 Å². The van der Waals surface area contributed by atoms with E-state index in [4.69, 9.17) is 5.73 Å². The molecular formula is C14H14BrN3O. The molecule has 1 aromatic heterocycles. The third kappa shape index (κ3) is 3.12. The zero-order chi connectivity index (χ0) is 14.0. The van der Waals surface area contributed by atoms with E-state index in [2.05, 4.69) is 26.2 Å². The molecule has 3 N–H and O–H groups in total. The van der Waals surface area contributed by atoms with Gasteiger partial charge in [-0.2, -0.15) is 0 Å². The van der Waals surface area contributed by atoms with Crippen molar-refractivity contribution < 1.29 is 4.79 Å². The molecule has 19 heavy (non-hydrogen) atoms. The van der Waals surface area contributed by atoms with Gasteiger partial charge in [-0.05, 0) is 43.7 Å². The average molecular weight is 320 g/mol. The van der Waals surface area contributed by atoms with Gasteiger partial charge < -0.3 is 11.1 Å². The van der Waals surface area contributed by atoms with Crippen LogP contribution in [0.2, 0.25) is 0 Å². The standard InChI is InChI=1S/C14H14BrN3O/c1-8-5-11(3-4-13(8)15)18-14(19)12-6-10(16)7-17-9(12)2/h3-7H,16H2,1-2H3,(H,18,19). The fraction of sp³-hybridized carbons (Fsp3) is 0.143. The first kappa shape index (κ1) is 13.5. The summed E-state index contributed by atoms with van der Waals surface area (Å²) in [6.07, 6.45) is 1.54. The fourth-order valence-corrected chi connectivity index (χ4v) is 1.95. The molecule has 0 aliphatic rings. The first-order valence-electron chi connectivity index (χ1n) is 5.77. The number of aromatic nitrogens is 1. The van der Waals surface area contributed by atoms with Crippen LogP contribution in [0.15, 0.2) is 34.9 Å². The molecule has 5 heteroatoms. The summed E-state index contributed by atoms with van der Waals surface area (Å²) in [7, 11) is 0. The van der Waals surface area contributed by atoms with Crippen LogP contribution in [0.5, 0.6) is 0 Å². The van der Waals surface area contributed by atoms with E-state index in [9.17, 15) is 4.79 Å². The van der Waals surface area contributed by atoms with Crippen molar-refractivity contribution in [2.24, 2.45) is 0 Å². The number of carbonyl (C=O) groups excluding carboxylic acids is 1. The lowest BCUT2D eigenvalue weighted by molar-refractivity contribution is 0.102. The third-order valence-corrected chi connectivity index (χ3v) is 3.66. The number of aryl methyl sites for hydroxylation is 2. The molecule has 0 saturated carbocycles. The van der Waals surface area contributed by atoms with Crippen molar-refractivity contribution >= 4 is 33.2 Å². The molecule has 0 aliphatic heterocycles. The molecule has 1 aromatic carbocycles. The Labute approximate surface area is 120 Å². The lowest BCUT2D eigenvalue weighted by Gasteiger charge is -2.09. The zero-order valence-electron chi connectivity index (χ0n) is 10.7. The van der Waals surface area contributed by atoms with Crippen molar-refractivity contribution in [2.45, 2.75) is 13.8 Å². The number of halogens is 1. The minimum Gasteiger partial charge on any atom is -0.397 e. The number of nitrogens with zero attached hydrogens (tertiary/aromatic N) is 1. The zero-order valence-corrected chi connectivity index (χ0v) is 12.3.